The molecule has 3 heteroatoms. The highest BCUT2D eigenvalue weighted by Gasteiger charge is 1.97. The Morgan fingerprint density at radius 1 is 0.609 bits per heavy atom. The van der Waals surface area contributed by atoms with Crippen LogP contribution in [0.4, 0.5) is 0 Å². The van der Waals surface area contributed by atoms with Crippen molar-refractivity contribution in [2.45, 2.75) is 109 Å². The van der Waals surface area contributed by atoms with Gasteiger partial charge < -0.3 is 9.84 Å². The largest absolute Gasteiger partial charge is 0.481 e. The number of ether oxygens (including phenoxy) is 1. The summed E-state index contributed by atoms with van der Waals surface area (Å²) in [5, 5.41) is 8.54. The topological polar surface area (TPSA) is 46.5 Å². The molecule has 0 amide bonds. The molecule has 0 bridgehead atoms. The van der Waals surface area contributed by atoms with Gasteiger partial charge in [-0.25, -0.2) is 0 Å². The third-order valence-electron chi connectivity index (χ3n) is 4.49. The maximum absolute atomic E-state index is 10.4. The van der Waals surface area contributed by atoms with E-state index in [1.165, 1.54) is 89.9 Å². The lowest BCUT2D eigenvalue weighted by Crippen LogP contribution is -1.93. The summed E-state index contributed by atoms with van der Waals surface area (Å²) in [4.78, 5) is 10.4. The number of carboxylic acid groups (broad SMARTS) is 1. The van der Waals surface area contributed by atoms with E-state index in [0.717, 1.165) is 19.4 Å². The molecule has 0 atom stereocenters. The molecule has 0 radical (unpaired) electrons. The Balaban J connectivity index is 2.96. The molecule has 0 fully saturated rings. The second kappa shape index (κ2) is 19.5. The first-order chi connectivity index (χ1) is 11.3. The van der Waals surface area contributed by atoms with Gasteiger partial charge in [-0.3, -0.25) is 4.79 Å². The fraction of sp³-hybridized carbons (Fsp3) is 0.950. The Hall–Kier alpha value is -0.570. The van der Waals surface area contributed by atoms with Crippen LogP contribution >= 0.6 is 0 Å². The van der Waals surface area contributed by atoms with Gasteiger partial charge in [0.2, 0.25) is 0 Å². The predicted molar refractivity (Wildman–Crippen MR) is 98.0 cm³/mol. The van der Waals surface area contributed by atoms with Gasteiger partial charge in [-0.2, -0.15) is 0 Å². The smallest absolute Gasteiger partial charge is 0.303 e. The lowest BCUT2D eigenvalue weighted by Gasteiger charge is -2.03. The summed E-state index contributed by atoms with van der Waals surface area (Å²) < 4.78 is 5.05. The van der Waals surface area contributed by atoms with Crippen LogP contribution in [0.15, 0.2) is 0 Å². The Morgan fingerprint density at radius 3 is 1.22 bits per heavy atom. The lowest BCUT2D eigenvalue weighted by atomic mass is 10.0. The maximum Gasteiger partial charge on any atom is 0.303 e. The zero-order chi connectivity index (χ0) is 17.0. The molecule has 3 nitrogen and oxygen atoms in total. The number of hydrogen-bond donors (Lipinski definition) is 1. The zero-order valence-corrected chi connectivity index (χ0v) is 15.5. The summed E-state index contributed by atoms with van der Waals surface area (Å²) >= 11 is 0. The molecule has 0 saturated carbocycles. The zero-order valence-electron chi connectivity index (χ0n) is 15.5. The minimum absolute atomic E-state index is 0.340. The number of rotatable bonds is 19. The Bertz CT molecular complexity index is 241. The Labute approximate surface area is 144 Å². The standard InChI is InChI=1S/C20H40O3/c1-23-19-17-15-13-11-9-7-5-3-2-4-6-8-10-12-14-16-18-20(21)22/h2-19H2,1H3,(H,21,22). The number of carboxylic acids is 1. The molecule has 23 heavy (non-hydrogen) atoms. The molecule has 0 saturated heterocycles. The molecule has 0 aliphatic carbocycles. The highest BCUT2D eigenvalue weighted by molar-refractivity contribution is 5.66. The number of methoxy groups -OCH3 is 1. The van der Waals surface area contributed by atoms with E-state index in [1.54, 1.807) is 7.11 Å². The molecule has 0 heterocycles. The number of carbonyl (C=O) groups is 1. The highest BCUT2D eigenvalue weighted by Crippen LogP contribution is 2.14. The van der Waals surface area contributed by atoms with Crippen molar-refractivity contribution in [3.8, 4) is 0 Å². The van der Waals surface area contributed by atoms with Gasteiger partial charge in [-0.1, -0.05) is 89.9 Å². The second-order valence-electron chi connectivity index (χ2n) is 6.79. The third-order valence-corrected chi connectivity index (χ3v) is 4.49. The van der Waals surface area contributed by atoms with Gasteiger partial charge in [0.15, 0.2) is 0 Å². The van der Waals surface area contributed by atoms with Gasteiger partial charge in [0.05, 0.1) is 0 Å². The maximum atomic E-state index is 10.4. The lowest BCUT2D eigenvalue weighted by molar-refractivity contribution is -0.137. The van der Waals surface area contributed by atoms with E-state index in [9.17, 15) is 4.79 Å². The van der Waals surface area contributed by atoms with Gasteiger partial charge >= 0.3 is 5.97 Å². The van der Waals surface area contributed by atoms with E-state index in [-0.39, 0.29) is 0 Å². The van der Waals surface area contributed by atoms with Crippen molar-refractivity contribution < 1.29 is 14.6 Å². The molecule has 138 valence electrons. The average Bonchev–Trinajstić information content (AvgIpc) is 2.53. The SMILES string of the molecule is COCCCCCCCCCCCCCCCCCCC(=O)O. The predicted octanol–water partition coefficient (Wildman–Crippen LogP) is 6.35. The van der Waals surface area contributed by atoms with E-state index in [1.807, 2.05) is 0 Å². The normalized spacial score (nSPS) is 11.0. The second-order valence-corrected chi connectivity index (χ2v) is 6.79. The summed E-state index contributed by atoms with van der Waals surface area (Å²) in [6.45, 7) is 0.919. The van der Waals surface area contributed by atoms with Crippen LogP contribution in [-0.2, 0) is 9.53 Å². The van der Waals surface area contributed by atoms with Crippen molar-refractivity contribution in [1.82, 2.24) is 0 Å². The quantitative estimate of drug-likeness (QED) is 0.281. The number of unbranched alkanes of at least 4 members (excludes halogenated alkanes) is 15. The van der Waals surface area contributed by atoms with Crippen LogP contribution in [0.5, 0.6) is 0 Å². The molecule has 0 unspecified atom stereocenters. The minimum Gasteiger partial charge on any atom is -0.481 e. The minimum atomic E-state index is -0.656. The van der Waals surface area contributed by atoms with Gasteiger partial charge in [-0.05, 0) is 12.8 Å². The third kappa shape index (κ3) is 21.4. The van der Waals surface area contributed by atoms with Crippen molar-refractivity contribution in [1.29, 1.82) is 0 Å². The van der Waals surface area contributed by atoms with Gasteiger partial charge in [-0.15, -0.1) is 0 Å². The van der Waals surface area contributed by atoms with Gasteiger partial charge in [0.25, 0.3) is 0 Å². The van der Waals surface area contributed by atoms with Gasteiger partial charge in [0.1, 0.15) is 0 Å². The molecule has 0 spiro atoms. The molecule has 0 aromatic rings. The van der Waals surface area contributed by atoms with E-state index < -0.39 is 5.97 Å². The van der Waals surface area contributed by atoms with E-state index in [4.69, 9.17) is 9.84 Å². The fourth-order valence-electron chi connectivity index (χ4n) is 3.00. The van der Waals surface area contributed by atoms with Crippen LogP contribution in [-0.4, -0.2) is 24.8 Å². The van der Waals surface area contributed by atoms with Crippen LogP contribution in [0.2, 0.25) is 0 Å². The van der Waals surface area contributed by atoms with E-state index >= 15 is 0 Å². The summed E-state index contributed by atoms with van der Waals surface area (Å²) in [5.41, 5.74) is 0. The van der Waals surface area contributed by atoms with Crippen LogP contribution in [0.25, 0.3) is 0 Å². The molecule has 1 N–H and O–H groups in total. The molecule has 0 aromatic heterocycles. The Kier molecular flexibility index (Phi) is 19.0. The summed E-state index contributed by atoms with van der Waals surface area (Å²) in [7, 11) is 1.78. The van der Waals surface area contributed by atoms with Crippen LogP contribution < -0.4 is 0 Å². The molecule has 0 aliphatic heterocycles. The molecular weight excluding hydrogens is 288 g/mol. The fourth-order valence-corrected chi connectivity index (χ4v) is 3.00. The summed E-state index contributed by atoms with van der Waals surface area (Å²) in [6.07, 6.45) is 21.2. The van der Waals surface area contributed by atoms with Crippen molar-refractivity contribution >= 4 is 5.97 Å². The average molecular weight is 329 g/mol. The first-order valence-electron chi connectivity index (χ1n) is 9.98. The van der Waals surface area contributed by atoms with Crippen LogP contribution in [0, 0.1) is 0 Å². The molecule has 0 aromatic carbocycles. The highest BCUT2D eigenvalue weighted by atomic mass is 16.5. The van der Waals surface area contributed by atoms with E-state index in [0.29, 0.717) is 6.42 Å². The van der Waals surface area contributed by atoms with Crippen LogP contribution in [0.3, 0.4) is 0 Å². The van der Waals surface area contributed by atoms with Crippen molar-refractivity contribution in [2.24, 2.45) is 0 Å². The summed E-state index contributed by atoms with van der Waals surface area (Å²) in [5.74, 6) is -0.656. The number of hydrogen-bond acceptors (Lipinski definition) is 2. The van der Waals surface area contributed by atoms with Crippen LogP contribution in [0.1, 0.15) is 109 Å². The van der Waals surface area contributed by atoms with Gasteiger partial charge in [0, 0.05) is 20.1 Å². The first kappa shape index (κ1) is 22.4. The van der Waals surface area contributed by atoms with E-state index in [2.05, 4.69) is 0 Å². The molecule has 0 aliphatic rings. The monoisotopic (exact) mass is 328 g/mol. The first-order valence-corrected chi connectivity index (χ1v) is 9.98. The van der Waals surface area contributed by atoms with Crippen molar-refractivity contribution in [2.75, 3.05) is 13.7 Å². The van der Waals surface area contributed by atoms with Crippen molar-refractivity contribution in [3.05, 3.63) is 0 Å². The summed E-state index contributed by atoms with van der Waals surface area (Å²) in [6, 6.07) is 0. The number of aliphatic carboxylic acids is 1. The van der Waals surface area contributed by atoms with Crippen molar-refractivity contribution in [3.63, 3.8) is 0 Å². The molecule has 0 rings (SSSR count). The Morgan fingerprint density at radius 2 is 0.913 bits per heavy atom. The molecular formula is C20H40O3.